The first-order valence-electron chi connectivity index (χ1n) is 7.53. The van der Waals surface area contributed by atoms with Crippen molar-refractivity contribution in [3.05, 3.63) is 51.2 Å². The molecule has 0 bridgehead atoms. The Labute approximate surface area is 138 Å². The maximum absolute atomic E-state index is 12.4. The molecule has 3 rings (SSSR count). The highest BCUT2D eigenvalue weighted by Gasteiger charge is 2.54. The third-order valence-electron chi connectivity index (χ3n) is 4.30. The second kappa shape index (κ2) is 5.30. The molecule has 120 valence electrons. The molecule has 0 saturated carbocycles. The van der Waals surface area contributed by atoms with Crippen LogP contribution >= 0.6 is 11.8 Å². The van der Waals surface area contributed by atoms with Gasteiger partial charge in [0.05, 0.1) is 10.9 Å². The number of fused-ring (bicyclic) bond motifs is 1. The second-order valence-electron chi connectivity index (χ2n) is 6.85. The van der Waals surface area contributed by atoms with Gasteiger partial charge in [-0.1, -0.05) is 23.9 Å². The Kier molecular flexibility index (Phi) is 3.67. The molecule has 0 fully saturated rings. The van der Waals surface area contributed by atoms with Crippen LogP contribution in [0.3, 0.4) is 0 Å². The summed E-state index contributed by atoms with van der Waals surface area (Å²) in [6.45, 7) is 7.68. The molecule has 0 radical (unpaired) electrons. The van der Waals surface area contributed by atoms with Crippen molar-refractivity contribution in [3.63, 3.8) is 0 Å². The van der Waals surface area contributed by atoms with Crippen LogP contribution in [0.4, 0.5) is 0 Å². The van der Waals surface area contributed by atoms with Crippen molar-refractivity contribution in [3.8, 4) is 0 Å². The van der Waals surface area contributed by atoms with Gasteiger partial charge in [-0.25, -0.2) is 4.98 Å². The van der Waals surface area contributed by atoms with E-state index in [-0.39, 0.29) is 5.56 Å². The predicted octanol–water partition coefficient (Wildman–Crippen LogP) is 3.29. The Bertz CT molecular complexity index is 881. The minimum atomic E-state index is -0.548. The third-order valence-corrected chi connectivity index (χ3v) is 5.22. The Morgan fingerprint density at radius 1 is 1.22 bits per heavy atom. The summed E-state index contributed by atoms with van der Waals surface area (Å²) < 4.78 is 1.13. The number of para-hydroxylation sites is 1. The van der Waals surface area contributed by atoms with Crippen molar-refractivity contribution in [1.82, 2.24) is 9.97 Å². The van der Waals surface area contributed by atoms with Gasteiger partial charge in [0.15, 0.2) is 5.16 Å². The first-order chi connectivity index (χ1) is 10.7. The van der Waals surface area contributed by atoms with E-state index >= 15 is 0 Å². The van der Waals surface area contributed by atoms with Crippen molar-refractivity contribution >= 4 is 22.7 Å². The fourth-order valence-electron chi connectivity index (χ4n) is 3.01. The van der Waals surface area contributed by atoms with Crippen LogP contribution in [0.25, 0.3) is 10.9 Å². The molecule has 2 aromatic rings. The average molecular weight is 330 g/mol. The molecular weight excluding hydrogens is 310 g/mol. The van der Waals surface area contributed by atoms with Crippen molar-refractivity contribution in [2.24, 2.45) is 0 Å². The molecule has 5 nitrogen and oxygen atoms in total. The summed E-state index contributed by atoms with van der Waals surface area (Å²) in [5.41, 5.74) is 0.545. The van der Waals surface area contributed by atoms with Gasteiger partial charge in [-0.15, -0.1) is 0 Å². The van der Waals surface area contributed by atoms with Gasteiger partial charge < -0.3 is 4.98 Å². The fourth-order valence-corrected chi connectivity index (χ4v) is 4.07. The van der Waals surface area contributed by atoms with Gasteiger partial charge in [-0.05, 0) is 18.2 Å². The summed E-state index contributed by atoms with van der Waals surface area (Å²) in [7, 11) is 0. The second-order valence-corrected chi connectivity index (χ2v) is 7.82. The van der Waals surface area contributed by atoms with E-state index in [9.17, 15) is 9.70 Å². The smallest absolute Gasteiger partial charge is 0.259 e. The Balaban J connectivity index is 1.87. The summed E-state index contributed by atoms with van der Waals surface area (Å²) in [5.74, 6) is 0.621. The lowest BCUT2D eigenvalue weighted by Crippen LogP contribution is -2.41. The van der Waals surface area contributed by atoms with Gasteiger partial charge in [0, 0.05) is 48.7 Å². The number of benzene rings is 1. The van der Waals surface area contributed by atoms with E-state index in [1.165, 1.54) is 11.8 Å². The molecule has 1 aliphatic heterocycles. The van der Waals surface area contributed by atoms with E-state index in [0.717, 1.165) is 10.3 Å². The largest absolute Gasteiger partial charge is 0.301 e. The van der Waals surface area contributed by atoms with Crippen molar-refractivity contribution in [2.75, 3.05) is 5.75 Å². The number of H-pyrrole nitrogens is 1. The molecule has 0 unspecified atom stereocenters. The SMILES string of the molecule is CC1(C)C=C(CSc2nc3ccccc3c(=O)[nH]2)C(C)(C)[N+]1=O. The highest BCUT2D eigenvalue weighted by atomic mass is 32.2. The molecule has 0 saturated heterocycles. The van der Waals surface area contributed by atoms with Crippen molar-refractivity contribution in [2.45, 2.75) is 43.9 Å². The number of rotatable bonds is 3. The van der Waals surface area contributed by atoms with E-state index in [1.54, 1.807) is 6.07 Å². The van der Waals surface area contributed by atoms with Gasteiger partial charge >= 0.3 is 0 Å². The lowest BCUT2D eigenvalue weighted by molar-refractivity contribution is -0.651. The van der Waals surface area contributed by atoms with Gasteiger partial charge in [0.2, 0.25) is 11.1 Å². The standard InChI is InChI=1S/C17H19N3O2S/c1-16(2)9-11(17(3,4)20(16)22)10-23-15-18-13-8-6-5-7-12(13)14(21)19-15/h5-9H,10H2,1-4H3/p+1. The molecule has 0 atom stereocenters. The molecule has 1 aromatic carbocycles. The topological polar surface area (TPSA) is 65.8 Å². The van der Waals surface area contributed by atoms with Crippen LogP contribution in [0.5, 0.6) is 0 Å². The molecule has 2 heterocycles. The number of hydrogen-bond donors (Lipinski definition) is 1. The fraction of sp³-hybridized carbons (Fsp3) is 0.412. The number of aromatic nitrogens is 2. The molecule has 1 aliphatic rings. The summed E-state index contributed by atoms with van der Waals surface area (Å²) >= 11 is 1.45. The minimum Gasteiger partial charge on any atom is -0.301 e. The van der Waals surface area contributed by atoms with E-state index in [0.29, 0.717) is 21.8 Å². The van der Waals surface area contributed by atoms with Crippen LogP contribution in [0.2, 0.25) is 0 Å². The molecule has 1 aromatic heterocycles. The summed E-state index contributed by atoms with van der Waals surface area (Å²) in [6, 6.07) is 7.28. The van der Waals surface area contributed by atoms with Gasteiger partial charge in [0.1, 0.15) is 0 Å². The maximum atomic E-state index is 12.4. The Hall–Kier alpha value is -1.95. The molecule has 0 spiro atoms. The van der Waals surface area contributed by atoms with Crippen LogP contribution in [-0.4, -0.2) is 31.6 Å². The number of hydrogen-bond acceptors (Lipinski definition) is 4. The van der Waals surface area contributed by atoms with Crippen LogP contribution in [0.1, 0.15) is 27.7 Å². The molecule has 0 aliphatic carbocycles. The highest BCUT2D eigenvalue weighted by Crippen LogP contribution is 2.38. The monoisotopic (exact) mass is 330 g/mol. The summed E-state index contributed by atoms with van der Waals surface area (Å²) in [4.78, 5) is 31.8. The van der Waals surface area contributed by atoms with Crippen LogP contribution in [0, 0.1) is 4.91 Å². The number of thioether (sulfide) groups is 1. The maximum Gasteiger partial charge on any atom is 0.259 e. The summed E-state index contributed by atoms with van der Waals surface area (Å²) in [6.07, 6.45) is 2.02. The van der Waals surface area contributed by atoms with Crippen LogP contribution < -0.4 is 5.56 Å². The van der Waals surface area contributed by atoms with Gasteiger partial charge in [-0.2, -0.15) is 0 Å². The zero-order valence-corrected chi connectivity index (χ0v) is 14.5. The van der Waals surface area contributed by atoms with Gasteiger partial charge in [0.25, 0.3) is 5.56 Å². The zero-order valence-electron chi connectivity index (χ0n) is 13.7. The highest BCUT2D eigenvalue weighted by molar-refractivity contribution is 7.99. The minimum absolute atomic E-state index is 0.136. The summed E-state index contributed by atoms with van der Waals surface area (Å²) in [5, 5.41) is 1.16. The molecule has 6 heteroatoms. The van der Waals surface area contributed by atoms with Gasteiger partial charge in [-0.3, -0.25) is 4.79 Å². The van der Waals surface area contributed by atoms with E-state index in [2.05, 4.69) is 9.97 Å². The quantitative estimate of drug-likeness (QED) is 0.406. The lowest BCUT2D eigenvalue weighted by atomic mass is 9.99. The first kappa shape index (κ1) is 15.9. The average Bonchev–Trinajstić information content (AvgIpc) is 2.65. The lowest BCUT2D eigenvalue weighted by Gasteiger charge is -2.16. The van der Waals surface area contributed by atoms with E-state index in [1.807, 2.05) is 52.0 Å². The van der Waals surface area contributed by atoms with Crippen molar-refractivity contribution in [1.29, 1.82) is 0 Å². The van der Waals surface area contributed by atoms with Crippen LogP contribution in [0.15, 0.2) is 45.9 Å². The Morgan fingerprint density at radius 2 is 1.91 bits per heavy atom. The number of nitrogens with one attached hydrogen (secondary N) is 1. The van der Waals surface area contributed by atoms with Crippen LogP contribution in [-0.2, 0) is 0 Å². The molecular formula is C17H20N3O2S+. The molecule has 1 N–H and O–H groups in total. The number of nitroso groups, excluding NO2 is 1. The zero-order chi connectivity index (χ0) is 16.8. The predicted molar refractivity (Wildman–Crippen MR) is 93.0 cm³/mol. The third kappa shape index (κ3) is 2.72. The molecule has 23 heavy (non-hydrogen) atoms. The molecule has 0 amide bonds. The number of nitrogens with zero attached hydrogens (tertiary/aromatic N) is 2. The number of aromatic amines is 1. The van der Waals surface area contributed by atoms with E-state index < -0.39 is 11.1 Å². The van der Waals surface area contributed by atoms with E-state index in [4.69, 9.17) is 0 Å². The van der Waals surface area contributed by atoms with Crippen molar-refractivity contribution < 1.29 is 4.76 Å². The Morgan fingerprint density at radius 3 is 2.57 bits per heavy atom. The first-order valence-corrected chi connectivity index (χ1v) is 8.52. The normalized spacial score (nSPS) is 19.1.